The highest BCUT2D eigenvalue weighted by molar-refractivity contribution is 7.16. The summed E-state index contributed by atoms with van der Waals surface area (Å²) >= 11 is 1.62. The summed E-state index contributed by atoms with van der Waals surface area (Å²) in [5.74, 6) is 0.0184. The van der Waals surface area contributed by atoms with Crippen molar-refractivity contribution in [1.82, 2.24) is 4.90 Å². The Morgan fingerprint density at radius 3 is 2.68 bits per heavy atom. The summed E-state index contributed by atoms with van der Waals surface area (Å²) in [4.78, 5) is 18.7. The van der Waals surface area contributed by atoms with Gasteiger partial charge in [-0.3, -0.25) is 9.69 Å². The van der Waals surface area contributed by atoms with Crippen molar-refractivity contribution in [3.63, 3.8) is 0 Å². The number of fused-ring (bicyclic) bond motifs is 1. The fraction of sp³-hybridized carbons (Fsp3) is 0.520. The summed E-state index contributed by atoms with van der Waals surface area (Å²) in [5, 5.41) is 13.5. The summed E-state index contributed by atoms with van der Waals surface area (Å²) in [7, 11) is 0. The average Bonchev–Trinajstić information content (AvgIpc) is 2.93. The topological polar surface area (TPSA) is 59.4 Å². The third-order valence-electron chi connectivity index (χ3n) is 6.73. The van der Waals surface area contributed by atoms with Crippen molar-refractivity contribution in [2.75, 3.05) is 42.9 Å². The van der Waals surface area contributed by atoms with Crippen LogP contribution >= 0.6 is 11.3 Å². The van der Waals surface area contributed by atoms with Gasteiger partial charge in [-0.15, -0.1) is 11.3 Å². The lowest BCUT2D eigenvalue weighted by Crippen LogP contribution is -2.47. The molecule has 0 saturated carbocycles. The van der Waals surface area contributed by atoms with Gasteiger partial charge in [-0.25, -0.2) is 0 Å². The number of piperazine rings is 1. The Morgan fingerprint density at radius 2 is 1.90 bits per heavy atom. The Morgan fingerprint density at radius 1 is 1.13 bits per heavy atom. The first-order valence-electron chi connectivity index (χ1n) is 11.4. The van der Waals surface area contributed by atoms with Crippen LogP contribution in [0.5, 0.6) is 0 Å². The molecule has 1 aliphatic heterocycles. The number of hydrogen-bond donors (Lipinski definition) is 1. The van der Waals surface area contributed by atoms with Gasteiger partial charge in [0.25, 0.3) is 0 Å². The first-order chi connectivity index (χ1) is 15.1. The maximum atomic E-state index is 12.6. The van der Waals surface area contributed by atoms with E-state index in [0.29, 0.717) is 12.0 Å². The van der Waals surface area contributed by atoms with Crippen LogP contribution in [-0.2, 0) is 17.6 Å². The number of rotatable bonds is 5. The number of carbonyl (C=O) groups is 1. The third-order valence-corrected chi connectivity index (χ3v) is 7.94. The standard InChI is InChI=1S/C25H32N4OS/c1-18-7-6-9-22(19(18)2)29-15-13-28(14-16-29)12-11-24(30)27-25-21(17-26)20-8-4-3-5-10-23(20)31-25/h6-7,9H,3-5,8,10-16H2,1-2H3,(H,27,30). The Labute approximate surface area is 189 Å². The summed E-state index contributed by atoms with van der Waals surface area (Å²) in [5.41, 5.74) is 5.91. The molecule has 2 heterocycles. The van der Waals surface area contributed by atoms with Crippen molar-refractivity contribution < 1.29 is 4.79 Å². The number of anilines is 2. The number of carbonyl (C=O) groups excluding carboxylic acids is 1. The van der Waals surface area contributed by atoms with Gasteiger partial charge in [0.05, 0.1) is 5.56 Å². The fourth-order valence-corrected chi connectivity index (χ4v) is 5.94. The molecule has 0 unspecified atom stereocenters. The second-order valence-electron chi connectivity index (χ2n) is 8.73. The molecular weight excluding hydrogens is 404 g/mol. The second-order valence-corrected chi connectivity index (χ2v) is 9.83. The van der Waals surface area contributed by atoms with Crippen molar-refractivity contribution in [3.8, 4) is 6.07 Å². The molecule has 1 aromatic heterocycles. The lowest BCUT2D eigenvalue weighted by molar-refractivity contribution is -0.116. The highest BCUT2D eigenvalue weighted by atomic mass is 32.1. The summed E-state index contributed by atoms with van der Waals surface area (Å²) < 4.78 is 0. The smallest absolute Gasteiger partial charge is 0.226 e. The molecule has 1 saturated heterocycles. The van der Waals surface area contributed by atoms with E-state index in [9.17, 15) is 10.1 Å². The molecule has 2 aliphatic rings. The van der Waals surface area contributed by atoms with E-state index in [0.717, 1.165) is 57.0 Å². The normalized spacial score (nSPS) is 17.0. The van der Waals surface area contributed by atoms with Gasteiger partial charge in [0.2, 0.25) is 5.91 Å². The van der Waals surface area contributed by atoms with Crippen molar-refractivity contribution in [2.45, 2.75) is 52.4 Å². The lowest BCUT2D eigenvalue weighted by Gasteiger charge is -2.37. The Balaban J connectivity index is 1.29. The Kier molecular flexibility index (Phi) is 6.94. The van der Waals surface area contributed by atoms with Crippen LogP contribution in [0.2, 0.25) is 0 Å². The van der Waals surface area contributed by atoms with Crippen LogP contribution in [0.3, 0.4) is 0 Å². The van der Waals surface area contributed by atoms with Crippen LogP contribution in [0.15, 0.2) is 18.2 Å². The highest BCUT2D eigenvalue weighted by Gasteiger charge is 2.22. The van der Waals surface area contributed by atoms with E-state index in [-0.39, 0.29) is 5.91 Å². The molecule has 6 heteroatoms. The van der Waals surface area contributed by atoms with Crippen LogP contribution in [0, 0.1) is 25.2 Å². The monoisotopic (exact) mass is 436 g/mol. The molecule has 164 valence electrons. The molecule has 31 heavy (non-hydrogen) atoms. The minimum Gasteiger partial charge on any atom is -0.369 e. The maximum Gasteiger partial charge on any atom is 0.226 e. The van der Waals surface area contributed by atoms with E-state index in [1.165, 1.54) is 40.1 Å². The van der Waals surface area contributed by atoms with Gasteiger partial charge in [-0.1, -0.05) is 18.6 Å². The number of nitrogens with one attached hydrogen (secondary N) is 1. The van der Waals surface area contributed by atoms with Crippen molar-refractivity contribution in [1.29, 1.82) is 5.26 Å². The van der Waals surface area contributed by atoms with Crippen molar-refractivity contribution in [3.05, 3.63) is 45.3 Å². The van der Waals surface area contributed by atoms with Crippen LogP contribution in [-0.4, -0.2) is 43.5 Å². The molecule has 4 rings (SSSR count). The summed E-state index contributed by atoms with van der Waals surface area (Å²) in [6.45, 7) is 9.04. The first kappa shape index (κ1) is 21.9. The molecule has 1 amide bonds. The van der Waals surface area contributed by atoms with Crippen molar-refractivity contribution in [2.24, 2.45) is 0 Å². The number of nitrogens with zero attached hydrogens (tertiary/aromatic N) is 3. The predicted molar refractivity (Wildman–Crippen MR) is 128 cm³/mol. The number of hydrogen-bond acceptors (Lipinski definition) is 5. The van der Waals surface area contributed by atoms with Gasteiger partial charge >= 0.3 is 0 Å². The van der Waals surface area contributed by atoms with Crippen molar-refractivity contribution >= 4 is 27.9 Å². The van der Waals surface area contributed by atoms with Crippen LogP contribution < -0.4 is 10.2 Å². The molecule has 1 fully saturated rings. The number of benzene rings is 1. The molecular formula is C25H32N4OS. The van der Waals surface area contributed by atoms with Gasteiger partial charge in [0.1, 0.15) is 11.1 Å². The zero-order valence-corrected chi connectivity index (χ0v) is 19.5. The van der Waals surface area contributed by atoms with E-state index in [1.54, 1.807) is 11.3 Å². The SMILES string of the molecule is Cc1cccc(N2CCN(CCC(=O)Nc3sc4c(c3C#N)CCCCC4)CC2)c1C. The van der Waals surface area contributed by atoms with E-state index < -0.39 is 0 Å². The van der Waals surface area contributed by atoms with E-state index in [2.05, 4.69) is 53.2 Å². The lowest BCUT2D eigenvalue weighted by atomic mass is 10.1. The van der Waals surface area contributed by atoms with Crippen LogP contribution in [0.25, 0.3) is 0 Å². The molecule has 0 atom stereocenters. The van der Waals surface area contributed by atoms with Gasteiger partial charge < -0.3 is 10.2 Å². The summed E-state index contributed by atoms with van der Waals surface area (Å²) in [6.07, 6.45) is 6.02. The van der Waals surface area contributed by atoms with Crippen LogP contribution in [0.1, 0.15) is 52.8 Å². The van der Waals surface area contributed by atoms with Gasteiger partial charge in [0, 0.05) is 49.7 Å². The second kappa shape index (κ2) is 9.84. The van der Waals surface area contributed by atoms with Crippen LogP contribution in [0.4, 0.5) is 10.7 Å². The molecule has 1 N–H and O–H groups in total. The van der Waals surface area contributed by atoms with Gasteiger partial charge in [-0.05, 0) is 62.3 Å². The van der Waals surface area contributed by atoms with Gasteiger partial charge in [-0.2, -0.15) is 5.26 Å². The van der Waals surface area contributed by atoms with E-state index in [4.69, 9.17) is 0 Å². The first-order valence-corrected chi connectivity index (χ1v) is 12.3. The predicted octanol–water partition coefficient (Wildman–Crippen LogP) is 4.66. The average molecular weight is 437 g/mol. The van der Waals surface area contributed by atoms with E-state index in [1.807, 2.05) is 0 Å². The number of nitriles is 1. The van der Waals surface area contributed by atoms with Gasteiger partial charge in [0.15, 0.2) is 0 Å². The largest absolute Gasteiger partial charge is 0.369 e. The maximum absolute atomic E-state index is 12.6. The minimum atomic E-state index is 0.0184. The fourth-order valence-electron chi connectivity index (χ4n) is 4.69. The molecule has 2 aromatic rings. The molecule has 0 bridgehead atoms. The molecule has 0 spiro atoms. The molecule has 1 aromatic carbocycles. The Hall–Kier alpha value is -2.36. The molecule has 0 radical (unpaired) electrons. The molecule has 5 nitrogen and oxygen atoms in total. The minimum absolute atomic E-state index is 0.0184. The number of aryl methyl sites for hydroxylation is 2. The Bertz CT molecular complexity index is 982. The third kappa shape index (κ3) is 4.94. The number of thiophene rings is 1. The summed E-state index contributed by atoms with van der Waals surface area (Å²) in [6, 6.07) is 8.86. The quantitative estimate of drug-likeness (QED) is 0.693. The zero-order valence-electron chi connectivity index (χ0n) is 18.7. The number of amides is 1. The highest BCUT2D eigenvalue weighted by Crippen LogP contribution is 2.37. The molecule has 1 aliphatic carbocycles. The zero-order chi connectivity index (χ0) is 21.8. The van der Waals surface area contributed by atoms with E-state index >= 15 is 0 Å².